The van der Waals surface area contributed by atoms with Crippen molar-refractivity contribution in [2.75, 3.05) is 18.4 Å². The van der Waals surface area contributed by atoms with Gasteiger partial charge in [0.15, 0.2) is 5.82 Å². The van der Waals surface area contributed by atoms with Gasteiger partial charge >= 0.3 is 6.09 Å². The number of ether oxygens (including phenoxy) is 1. The number of halogens is 1. The Labute approximate surface area is 194 Å². The van der Waals surface area contributed by atoms with E-state index < -0.39 is 17.8 Å². The van der Waals surface area contributed by atoms with Crippen LogP contribution in [-0.2, 0) is 4.74 Å². The van der Waals surface area contributed by atoms with Crippen LogP contribution in [0, 0.1) is 5.82 Å². The molecule has 0 spiro atoms. The van der Waals surface area contributed by atoms with Crippen LogP contribution in [0.5, 0.6) is 0 Å². The normalized spacial score (nSPS) is 20.9. The Morgan fingerprint density at radius 3 is 2.82 bits per heavy atom. The summed E-state index contributed by atoms with van der Waals surface area (Å²) in [5, 5.41) is 16.0. The molecule has 1 aliphatic carbocycles. The third-order valence-electron chi connectivity index (χ3n) is 6.00. The van der Waals surface area contributed by atoms with Gasteiger partial charge in [0.25, 0.3) is 5.91 Å². The molecule has 0 radical (unpaired) electrons. The van der Waals surface area contributed by atoms with Crippen molar-refractivity contribution >= 4 is 23.6 Å². The van der Waals surface area contributed by atoms with Crippen LogP contribution in [0.1, 0.15) is 47.8 Å². The van der Waals surface area contributed by atoms with Gasteiger partial charge in [0, 0.05) is 42.5 Å². The molecule has 1 aliphatic heterocycles. The first kappa shape index (κ1) is 21.8. The fraction of sp³-hybridized carbons (Fsp3) is 0.348. The van der Waals surface area contributed by atoms with Gasteiger partial charge in [0.05, 0.1) is 6.20 Å². The Hall–Kier alpha value is -4.02. The molecule has 3 aromatic heterocycles. The first-order valence-electron chi connectivity index (χ1n) is 11.2. The number of hydrogen-bond donors (Lipinski definition) is 4. The van der Waals surface area contributed by atoms with Gasteiger partial charge in [-0.1, -0.05) is 0 Å². The van der Waals surface area contributed by atoms with Crippen LogP contribution in [0.3, 0.4) is 0 Å². The Morgan fingerprint density at radius 1 is 1.06 bits per heavy atom. The number of amides is 2. The molecule has 0 saturated heterocycles. The first-order valence-corrected chi connectivity index (χ1v) is 11.2. The van der Waals surface area contributed by atoms with E-state index in [-0.39, 0.29) is 17.7 Å². The van der Waals surface area contributed by atoms with Gasteiger partial charge in [-0.25, -0.2) is 14.2 Å². The average molecular weight is 465 g/mol. The van der Waals surface area contributed by atoms with Gasteiger partial charge in [-0.3, -0.25) is 14.9 Å². The number of nitrogens with one attached hydrogen (secondary N) is 4. The largest absolute Gasteiger partial charge is 0.446 e. The van der Waals surface area contributed by atoms with E-state index in [2.05, 4.69) is 36.1 Å². The molecular formula is C23H24FN7O3. The number of fused-ring (bicyclic) bond motifs is 7. The second-order valence-corrected chi connectivity index (χ2v) is 8.39. The first-order chi connectivity index (χ1) is 16.5. The maximum absolute atomic E-state index is 14.4. The van der Waals surface area contributed by atoms with Crippen molar-refractivity contribution in [3.8, 4) is 11.1 Å². The highest BCUT2D eigenvalue weighted by atomic mass is 19.1. The molecule has 0 aromatic carbocycles. The van der Waals surface area contributed by atoms with Crippen LogP contribution in [0.2, 0.25) is 0 Å². The molecule has 11 heteroatoms. The van der Waals surface area contributed by atoms with Crippen LogP contribution in [0.15, 0.2) is 36.7 Å². The predicted molar refractivity (Wildman–Crippen MR) is 121 cm³/mol. The van der Waals surface area contributed by atoms with E-state index in [4.69, 9.17) is 4.74 Å². The van der Waals surface area contributed by atoms with Crippen molar-refractivity contribution in [3.63, 3.8) is 0 Å². The number of alkyl carbamates (subject to hydrolysis) is 1. The summed E-state index contributed by atoms with van der Waals surface area (Å²) in [5.74, 6) is 0.147. The lowest BCUT2D eigenvalue weighted by Gasteiger charge is -2.14. The van der Waals surface area contributed by atoms with Crippen LogP contribution in [0.25, 0.3) is 11.1 Å². The highest BCUT2D eigenvalue weighted by molar-refractivity contribution is 5.94. The van der Waals surface area contributed by atoms with Gasteiger partial charge in [-0.15, -0.1) is 0 Å². The van der Waals surface area contributed by atoms with E-state index in [1.54, 1.807) is 12.1 Å². The number of carbonyl (C=O) groups is 2. The van der Waals surface area contributed by atoms with Crippen LogP contribution in [-0.4, -0.2) is 51.4 Å². The number of H-pyrrole nitrogens is 1. The lowest BCUT2D eigenvalue weighted by molar-refractivity contribution is 0.0948. The molecule has 2 aliphatic rings. The monoisotopic (exact) mass is 465 g/mol. The van der Waals surface area contributed by atoms with Gasteiger partial charge in [0.1, 0.15) is 23.4 Å². The summed E-state index contributed by atoms with van der Waals surface area (Å²) >= 11 is 0. The fourth-order valence-electron chi connectivity index (χ4n) is 4.31. The lowest BCUT2D eigenvalue weighted by Crippen LogP contribution is -2.32. The molecule has 6 bridgehead atoms. The number of nitrogens with zero attached hydrogens (tertiary/aromatic N) is 3. The molecule has 2 atom stereocenters. The maximum atomic E-state index is 14.4. The molecular weight excluding hydrogens is 441 g/mol. The Balaban J connectivity index is 1.48. The summed E-state index contributed by atoms with van der Waals surface area (Å²) in [6.07, 6.45) is 4.89. The Kier molecular flexibility index (Phi) is 6.07. The number of aromatic nitrogens is 4. The minimum atomic E-state index is -0.503. The van der Waals surface area contributed by atoms with Gasteiger partial charge < -0.3 is 20.7 Å². The zero-order valence-electron chi connectivity index (χ0n) is 18.3. The van der Waals surface area contributed by atoms with Crippen molar-refractivity contribution in [1.82, 2.24) is 30.8 Å². The lowest BCUT2D eigenvalue weighted by atomic mass is 10.0. The molecule has 3 aromatic rings. The molecule has 1 saturated carbocycles. The van der Waals surface area contributed by atoms with E-state index >= 15 is 0 Å². The van der Waals surface area contributed by atoms with E-state index in [9.17, 15) is 14.0 Å². The molecule has 5 rings (SSSR count). The number of aromatic amines is 1. The fourth-order valence-corrected chi connectivity index (χ4v) is 4.31. The Morgan fingerprint density at radius 2 is 1.94 bits per heavy atom. The number of pyridine rings is 2. The smallest absolute Gasteiger partial charge is 0.407 e. The van der Waals surface area contributed by atoms with Gasteiger partial charge in [0.2, 0.25) is 0 Å². The van der Waals surface area contributed by atoms with E-state index in [0.29, 0.717) is 48.7 Å². The summed E-state index contributed by atoms with van der Waals surface area (Å²) in [5.41, 5.74) is 1.83. The van der Waals surface area contributed by atoms with Crippen molar-refractivity contribution in [1.29, 1.82) is 0 Å². The number of rotatable bonds is 1. The standard InChI is InChI=1S/C23H24FN7O3/c24-17-12-25-7-4-16(17)14-9-19-22(32)26-5-1-6-27-23(33)34-15-3-2-13(8-15)18-11-21(31-30-18)29-20(10-14)28-19/h4,7,9-13,15H,1-3,5-6,8H2,(H,26,32)(H,27,33)(H2,28,29,30,31)/t13-,15+/m0/s1. The summed E-state index contributed by atoms with van der Waals surface area (Å²) in [6, 6.07) is 6.61. The van der Waals surface area contributed by atoms with Crippen molar-refractivity contribution < 1.29 is 18.7 Å². The van der Waals surface area contributed by atoms with Crippen molar-refractivity contribution in [2.45, 2.75) is 37.7 Å². The number of carbonyl (C=O) groups excluding carboxylic acids is 2. The Bertz CT molecular complexity index is 1210. The second kappa shape index (κ2) is 9.46. The van der Waals surface area contributed by atoms with E-state index in [1.165, 1.54) is 12.3 Å². The quantitative estimate of drug-likeness (QED) is 0.433. The minimum Gasteiger partial charge on any atom is -0.446 e. The van der Waals surface area contributed by atoms with Crippen LogP contribution < -0.4 is 16.0 Å². The van der Waals surface area contributed by atoms with Crippen LogP contribution >= 0.6 is 0 Å². The molecule has 2 amide bonds. The van der Waals surface area contributed by atoms with E-state index in [1.807, 2.05) is 6.07 Å². The summed E-state index contributed by atoms with van der Waals surface area (Å²) < 4.78 is 20.0. The zero-order valence-corrected chi connectivity index (χ0v) is 18.3. The summed E-state index contributed by atoms with van der Waals surface area (Å²) in [7, 11) is 0. The number of anilines is 2. The van der Waals surface area contributed by atoms with Crippen LogP contribution in [0.4, 0.5) is 20.8 Å². The summed E-state index contributed by atoms with van der Waals surface area (Å²) in [4.78, 5) is 33.1. The number of hydrogen-bond acceptors (Lipinski definition) is 7. The van der Waals surface area contributed by atoms with Gasteiger partial charge in [-0.2, -0.15) is 5.10 Å². The average Bonchev–Trinajstić information content (AvgIpc) is 3.48. The molecule has 0 unspecified atom stereocenters. The van der Waals surface area contributed by atoms with Crippen molar-refractivity contribution in [2.24, 2.45) is 0 Å². The summed E-state index contributed by atoms with van der Waals surface area (Å²) in [6.45, 7) is 0.688. The van der Waals surface area contributed by atoms with E-state index in [0.717, 1.165) is 24.7 Å². The van der Waals surface area contributed by atoms with Crippen molar-refractivity contribution in [3.05, 3.63) is 53.9 Å². The molecule has 1 fully saturated rings. The topological polar surface area (TPSA) is 134 Å². The second-order valence-electron chi connectivity index (χ2n) is 8.39. The molecule has 10 nitrogen and oxygen atoms in total. The molecule has 34 heavy (non-hydrogen) atoms. The van der Waals surface area contributed by atoms with Gasteiger partial charge in [-0.05, 0) is 49.4 Å². The SMILES string of the molecule is O=C1NCCCNC(=O)c2cc(-c3ccncc3F)cc(n2)Nc2cc([nH]n2)[C@H]2CC[C@H](C2)O1. The molecule has 4 heterocycles. The maximum Gasteiger partial charge on any atom is 0.407 e. The zero-order chi connectivity index (χ0) is 23.5. The minimum absolute atomic E-state index is 0.124. The molecule has 4 N–H and O–H groups in total. The third kappa shape index (κ3) is 4.82. The molecule has 176 valence electrons. The third-order valence-corrected chi connectivity index (χ3v) is 6.00. The predicted octanol–water partition coefficient (Wildman–Crippen LogP) is 3.25. The highest BCUT2D eigenvalue weighted by Gasteiger charge is 2.30. The highest BCUT2D eigenvalue weighted by Crippen LogP contribution is 2.36.